The van der Waals surface area contributed by atoms with Gasteiger partial charge in [0.2, 0.25) is 0 Å². The zero-order valence-corrected chi connectivity index (χ0v) is 15.2. The predicted octanol–water partition coefficient (Wildman–Crippen LogP) is 6.62. The van der Waals surface area contributed by atoms with Crippen LogP contribution in [0.5, 0.6) is 5.75 Å². The number of ether oxygens (including phenoxy) is 1. The summed E-state index contributed by atoms with van der Waals surface area (Å²) in [6.45, 7) is 2.15. The van der Waals surface area contributed by atoms with Crippen LogP contribution < -0.4 is 4.74 Å². The summed E-state index contributed by atoms with van der Waals surface area (Å²) in [7, 11) is 0. The van der Waals surface area contributed by atoms with Crippen molar-refractivity contribution in [3.8, 4) is 17.6 Å². The largest absolute Gasteiger partial charge is 0.573 e. The number of aryl methyl sites for hydroxylation is 1. The molecule has 3 rings (SSSR count). The van der Waals surface area contributed by atoms with E-state index in [2.05, 4.69) is 35.6 Å². The zero-order valence-electron chi connectivity index (χ0n) is 15.2. The van der Waals surface area contributed by atoms with Gasteiger partial charge in [0.05, 0.1) is 0 Å². The van der Waals surface area contributed by atoms with Gasteiger partial charge in [0.25, 0.3) is 0 Å². The van der Waals surface area contributed by atoms with Crippen LogP contribution in [0, 0.1) is 17.7 Å². The van der Waals surface area contributed by atoms with Crippen molar-refractivity contribution in [1.29, 1.82) is 0 Å². The number of hydrogen-bond acceptors (Lipinski definition) is 1. The minimum absolute atomic E-state index is 0.0487. The lowest BCUT2D eigenvalue weighted by molar-refractivity contribution is -0.275. The second-order valence-corrected chi connectivity index (χ2v) is 6.41. The van der Waals surface area contributed by atoms with Crippen molar-refractivity contribution >= 4 is 10.8 Å². The van der Waals surface area contributed by atoms with Crippen molar-refractivity contribution in [2.45, 2.75) is 32.5 Å². The van der Waals surface area contributed by atoms with Crippen LogP contribution in [0.15, 0.2) is 54.6 Å². The topological polar surface area (TPSA) is 9.23 Å². The Hall–Kier alpha value is -3.00. The summed E-state index contributed by atoms with van der Waals surface area (Å²) in [5.74, 6) is 4.16. The van der Waals surface area contributed by atoms with Crippen molar-refractivity contribution in [2.75, 3.05) is 0 Å². The van der Waals surface area contributed by atoms with E-state index in [-0.39, 0.29) is 5.39 Å². The maximum absolute atomic E-state index is 14.2. The van der Waals surface area contributed by atoms with E-state index in [9.17, 15) is 17.6 Å². The predicted molar refractivity (Wildman–Crippen MR) is 102 cm³/mol. The number of halogens is 4. The number of alkyl halides is 3. The fraction of sp³-hybridized carbons (Fsp3) is 0.217. The molecule has 0 aliphatic rings. The number of benzene rings is 3. The highest BCUT2D eigenvalue weighted by Crippen LogP contribution is 2.31. The van der Waals surface area contributed by atoms with Crippen LogP contribution in [0.1, 0.15) is 36.5 Å². The quantitative estimate of drug-likeness (QED) is 0.362. The van der Waals surface area contributed by atoms with Crippen molar-refractivity contribution < 1.29 is 22.3 Å². The molecule has 0 aliphatic heterocycles. The lowest BCUT2D eigenvalue weighted by Gasteiger charge is -2.11. The van der Waals surface area contributed by atoms with E-state index in [0.29, 0.717) is 10.9 Å². The van der Waals surface area contributed by atoms with Gasteiger partial charge in [-0.3, -0.25) is 0 Å². The second-order valence-electron chi connectivity index (χ2n) is 6.41. The Morgan fingerprint density at radius 2 is 1.57 bits per heavy atom. The first-order valence-electron chi connectivity index (χ1n) is 8.94. The lowest BCUT2D eigenvalue weighted by Crippen LogP contribution is -2.17. The van der Waals surface area contributed by atoms with Crippen LogP contribution in [0.3, 0.4) is 0 Å². The average molecular weight is 386 g/mol. The van der Waals surface area contributed by atoms with Gasteiger partial charge in [-0.25, -0.2) is 4.39 Å². The number of rotatable bonds is 4. The summed E-state index contributed by atoms with van der Waals surface area (Å²) in [5.41, 5.74) is 2.78. The molecule has 0 unspecified atom stereocenters. The van der Waals surface area contributed by atoms with Gasteiger partial charge in [-0.2, -0.15) is 0 Å². The van der Waals surface area contributed by atoms with E-state index in [1.54, 1.807) is 12.1 Å². The van der Waals surface area contributed by atoms with Crippen molar-refractivity contribution in [1.82, 2.24) is 0 Å². The highest BCUT2D eigenvalue weighted by Gasteiger charge is 2.32. The van der Waals surface area contributed by atoms with Gasteiger partial charge >= 0.3 is 6.36 Å². The van der Waals surface area contributed by atoms with Gasteiger partial charge in [-0.15, -0.1) is 13.2 Å². The molecule has 0 N–H and O–H groups in total. The molecule has 0 aromatic heterocycles. The van der Waals surface area contributed by atoms with Gasteiger partial charge in [-0.1, -0.05) is 49.5 Å². The Kier molecular flexibility index (Phi) is 5.89. The SMILES string of the molecule is CCCCc1ccc(C#Cc2ccc3c(F)c(OC(F)(F)F)ccc3c2)cc1. The molecule has 0 saturated carbocycles. The average Bonchev–Trinajstić information content (AvgIpc) is 2.67. The Morgan fingerprint density at radius 3 is 2.25 bits per heavy atom. The monoisotopic (exact) mass is 386 g/mol. The van der Waals surface area contributed by atoms with E-state index in [1.165, 1.54) is 17.7 Å². The number of unbranched alkanes of at least 4 members (excludes halogenated alkanes) is 1. The number of fused-ring (bicyclic) bond motifs is 1. The van der Waals surface area contributed by atoms with E-state index in [1.807, 2.05) is 12.1 Å². The number of hydrogen-bond donors (Lipinski definition) is 0. The third-order valence-electron chi connectivity index (χ3n) is 4.27. The van der Waals surface area contributed by atoms with E-state index < -0.39 is 17.9 Å². The highest BCUT2D eigenvalue weighted by atomic mass is 19.4. The molecule has 0 fully saturated rings. The Bertz CT molecular complexity index is 1020. The molecular formula is C23H18F4O. The first kappa shape index (κ1) is 19.8. The minimum atomic E-state index is -4.94. The molecule has 0 spiro atoms. The maximum atomic E-state index is 14.2. The fourth-order valence-corrected chi connectivity index (χ4v) is 2.83. The molecule has 0 aliphatic carbocycles. The van der Waals surface area contributed by atoms with E-state index in [0.717, 1.165) is 30.9 Å². The van der Waals surface area contributed by atoms with Crippen molar-refractivity contribution in [2.24, 2.45) is 0 Å². The summed E-state index contributed by atoms with van der Waals surface area (Å²) in [6, 6.07) is 15.0. The van der Waals surface area contributed by atoms with Crippen molar-refractivity contribution in [3.63, 3.8) is 0 Å². The standard InChI is InChI=1S/C23H18F4O/c1-2-3-4-16-5-7-17(8-6-16)9-10-18-11-13-20-19(15-18)12-14-21(22(20)24)28-23(25,26)27/h5-8,11-15H,2-4H2,1H3. The van der Waals surface area contributed by atoms with Crippen molar-refractivity contribution in [3.05, 3.63) is 77.1 Å². The third kappa shape index (κ3) is 5.04. The highest BCUT2D eigenvalue weighted by molar-refractivity contribution is 5.86. The second kappa shape index (κ2) is 8.35. The van der Waals surface area contributed by atoms with Crippen LogP contribution in [0.25, 0.3) is 10.8 Å². The normalized spacial score (nSPS) is 11.2. The third-order valence-corrected chi connectivity index (χ3v) is 4.27. The van der Waals surface area contributed by atoms with Crippen LogP contribution >= 0.6 is 0 Å². The molecule has 0 heterocycles. The minimum Gasteiger partial charge on any atom is -0.403 e. The summed E-state index contributed by atoms with van der Waals surface area (Å²) in [5, 5.41) is 0.501. The molecule has 1 nitrogen and oxygen atoms in total. The lowest BCUT2D eigenvalue weighted by atomic mass is 10.0. The molecule has 0 radical (unpaired) electrons. The first-order valence-corrected chi connectivity index (χ1v) is 8.94. The molecule has 0 amide bonds. The Morgan fingerprint density at radius 1 is 0.893 bits per heavy atom. The van der Waals surface area contributed by atoms with Gasteiger partial charge in [0.15, 0.2) is 11.6 Å². The molecule has 3 aromatic carbocycles. The van der Waals surface area contributed by atoms with E-state index >= 15 is 0 Å². The summed E-state index contributed by atoms with van der Waals surface area (Å²) < 4.78 is 54.9. The van der Waals surface area contributed by atoms with Crippen LogP contribution in [0.4, 0.5) is 17.6 Å². The molecule has 0 bridgehead atoms. The van der Waals surface area contributed by atoms with E-state index in [4.69, 9.17) is 0 Å². The smallest absolute Gasteiger partial charge is 0.403 e. The Balaban J connectivity index is 1.82. The molecule has 0 saturated heterocycles. The van der Waals surface area contributed by atoms with Gasteiger partial charge in [-0.05, 0) is 54.1 Å². The van der Waals surface area contributed by atoms with Gasteiger partial charge < -0.3 is 4.74 Å². The molecule has 144 valence electrons. The van der Waals surface area contributed by atoms with Gasteiger partial charge in [0.1, 0.15) is 0 Å². The summed E-state index contributed by atoms with van der Waals surface area (Å²) in [6.07, 6.45) is -1.60. The fourth-order valence-electron chi connectivity index (χ4n) is 2.83. The van der Waals surface area contributed by atoms with Crippen LogP contribution in [-0.4, -0.2) is 6.36 Å². The van der Waals surface area contributed by atoms with Crippen LogP contribution in [0.2, 0.25) is 0 Å². The summed E-state index contributed by atoms with van der Waals surface area (Å²) >= 11 is 0. The zero-order chi connectivity index (χ0) is 20.1. The molecular weight excluding hydrogens is 368 g/mol. The van der Waals surface area contributed by atoms with Gasteiger partial charge in [0, 0.05) is 16.5 Å². The molecule has 0 atom stereocenters. The molecule has 3 aromatic rings. The Labute approximate surface area is 160 Å². The molecule has 5 heteroatoms. The summed E-state index contributed by atoms with van der Waals surface area (Å²) in [4.78, 5) is 0. The first-order chi connectivity index (χ1) is 13.4. The maximum Gasteiger partial charge on any atom is 0.573 e. The molecule has 28 heavy (non-hydrogen) atoms. The van der Waals surface area contributed by atoms with Crippen LogP contribution in [-0.2, 0) is 6.42 Å².